The Hall–Kier alpha value is -1.92. The van der Waals surface area contributed by atoms with Gasteiger partial charge in [-0.1, -0.05) is 33.6 Å². The van der Waals surface area contributed by atoms with E-state index < -0.39 is 0 Å². The van der Waals surface area contributed by atoms with Crippen LogP contribution in [-0.4, -0.2) is 43.6 Å². The molecule has 132 valence electrons. The number of carbonyl (C=O) groups is 1. The Kier molecular flexibility index (Phi) is 5.71. The number of ether oxygens (including phenoxy) is 1. The molecule has 0 aromatic heterocycles. The van der Waals surface area contributed by atoms with Gasteiger partial charge in [0.2, 0.25) is 0 Å². The van der Waals surface area contributed by atoms with Crippen molar-refractivity contribution in [2.75, 3.05) is 43.4 Å². The van der Waals surface area contributed by atoms with Crippen LogP contribution in [-0.2, 0) is 4.79 Å². The fourth-order valence-corrected chi connectivity index (χ4v) is 3.38. The van der Waals surface area contributed by atoms with Gasteiger partial charge in [0.25, 0.3) is 5.91 Å². The molecule has 2 N–H and O–H groups in total. The number of hydrogen-bond donors (Lipinski definition) is 1. The number of amides is 1. The third-order valence-corrected chi connectivity index (χ3v) is 4.98. The Labute approximate surface area is 160 Å². The maximum Gasteiger partial charge on any atom is 0.260 e. The second-order valence-corrected chi connectivity index (χ2v) is 7.11. The van der Waals surface area contributed by atoms with Crippen LogP contribution in [0, 0.1) is 0 Å². The minimum absolute atomic E-state index is 0.0188. The second-order valence-electron chi connectivity index (χ2n) is 5.79. The molecule has 2 aromatic rings. The predicted molar refractivity (Wildman–Crippen MR) is 104 cm³/mol. The zero-order valence-corrected chi connectivity index (χ0v) is 16.0. The predicted octanol–water partition coefficient (Wildman–Crippen LogP) is 3.41. The van der Waals surface area contributed by atoms with Crippen molar-refractivity contribution in [2.24, 2.45) is 0 Å². The van der Waals surface area contributed by atoms with Crippen LogP contribution in [0.15, 0.2) is 46.9 Å². The first-order chi connectivity index (χ1) is 12.0. The van der Waals surface area contributed by atoms with Crippen LogP contribution in [0.2, 0.25) is 5.02 Å². The largest absolute Gasteiger partial charge is 0.484 e. The molecule has 7 heteroatoms. The van der Waals surface area contributed by atoms with Gasteiger partial charge in [-0.15, -0.1) is 0 Å². The van der Waals surface area contributed by atoms with Crippen LogP contribution in [0.25, 0.3) is 0 Å². The molecule has 1 aliphatic rings. The summed E-state index contributed by atoms with van der Waals surface area (Å²) in [7, 11) is 0. The topological polar surface area (TPSA) is 58.8 Å². The van der Waals surface area contributed by atoms with E-state index in [9.17, 15) is 4.79 Å². The van der Waals surface area contributed by atoms with Gasteiger partial charge < -0.3 is 20.3 Å². The smallest absolute Gasteiger partial charge is 0.260 e. The fourth-order valence-electron chi connectivity index (χ4n) is 2.81. The normalized spacial score (nSPS) is 14.5. The van der Waals surface area contributed by atoms with Gasteiger partial charge in [0.15, 0.2) is 6.61 Å². The van der Waals surface area contributed by atoms with Gasteiger partial charge in [-0.2, -0.15) is 0 Å². The number of benzene rings is 2. The summed E-state index contributed by atoms with van der Waals surface area (Å²) in [5.41, 5.74) is 7.55. The molecule has 1 heterocycles. The zero-order chi connectivity index (χ0) is 17.8. The molecule has 0 atom stereocenters. The molecule has 25 heavy (non-hydrogen) atoms. The Morgan fingerprint density at radius 2 is 1.80 bits per heavy atom. The molecule has 1 amide bonds. The Morgan fingerprint density at radius 1 is 1.12 bits per heavy atom. The molecule has 1 aliphatic heterocycles. The van der Waals surface area contributed by atoms with Gasteiger partial charge >= 0.3 is 0 Å². The SMILES string of the molecule is Nc1cccc(Cl)c1N1CCN(C(=O)COc2ccc(Br)cc2)CC1. The lowest BCUT2D eigenvalue weighted by Gasteiger charge is -2.36. The van der Waals surface area contributed by atoms with E-state index >= 15 is 0 Å². The first kappa shape index (κ1) is 17.9. The number of nitrogens with zero attached hydrogens (tertiary/aromatic N) is 2. The van der Waals surface area contributed by atoms with Crippen LogP contribution in [0.4, 0.5) is 11.4 Å². The minimum Gasteiger partial charge on any atom is -0.484 e. The molecule has 0 saturated carbocycles. The molecular weight excluding hydrogens is 406 g/mol. The highest BCUT2D eigenvalue weighted by Crippen LogP contribution is 2.32. The zero-order valence-electron chi connectivity index (χ0n) is 13.6. The highest BCUT2D eigenvalue weighted by molar-refractivity contribution is 9.10. The summed E-state index contributed by atoms with van der Waals surface area (Å²) in [6.07, 6.45) is 0. The van der Waals surface area contributed by atoms with E-state index in [1.165, 1.54) is 0 Å². The third-order valence-electron chi connectivity index (χ3n) is 4.14. The standard InChI is InChI=1S/C18H19BrClN3O2/c19-13-4-6-14(7-5-13)25-12-17(24)22-8-10-23(11-9-22)18-15(20)2-1-3-16(18)21/h1-7H,8-12,21H2. The van der Waals surface area contributed by atoms with Crippen LogP contribution in [0.3, 0.4) is 0 Å². The highest BCUT2D eigenvalue weighted by atomic mass is 79.9. The summed E-state index contributed by atoms with van der Waals surface area (Å²) >= 11 is 9.63. The molecule has 0 bridgehead atoms. The second kappa shape index (κ2) is 7.97. The minimum atomic E-state index is -0.0188. The number of hydrogen-bond acceptors (Lipinski definition) is 4. The number of nitrogen functional groups attached to an aromatic ring is 1. The molecule has 2 aromatic carbocycles. The van der Waals surface area contributed by atoms with Crippen molar-refractivity contribution < 1.29 is 9.53 Å². The van der Waals surface area contributed by atoms with E-state index in [0.29, 0.717) is 42.6 Å². The number of piperazine rings is 1. The number of rotatable bonds is 4. The number of nitrogens with two attached hydrogens (primary N) is 1. The van der Waals surface area contributed by atoms with Gasteiger partial charge in [-0.25, -0.2) is 0 Å². The lowest BCUT2D eigenvalue weighted by Crippen LogP contribution is -2.50. The first-order valence-electron chi connectivity index (χ1n) is 7.99. The Morgan fingerprint density at radius 3 is 2.44 bits per heavy atom. The number of halogens is 2. The van der Waals surface area contributed by atoms with Gasteiger partial charge in [-0.05, 0) is 36.4 Å². The average molecular weight is 425 g/mol. The molecular formula is C18H19BrClN3O2. The summed E-state index contributed by atoms with van der Waals surface area (Å²) in [5, 5.41) is 0.637. The summed E-state index contributed by atoms with van der Waals surface area (Å²) in [5.74, 6) is 0.661. The maximum absolute atomic E-state index is 12.3. The lowest BCUT2D eigenvalue weighted by atomic mass is 10.2. The molecule has 1 fully saturated rings. The van der Waals surface area contributed by atoms with E-state index in [0.717, 1.165) is 10.2 Å². The Bertz CT molecular complexity index is 726. The van der Waals surface area contributed by atoms with Gasteiger partial charge in [0, 0.05) is 30.7 Å². The molecule has 5 nitrogen and oxygen atoms in total. The first-order valence-corrected chi connectivity index (χ1v) is 9.17. The van der Waals surface area contributed by atoms with Crippen LogP contribution < -0.4 is 15.4 Å². The van der Waals surface area contributed by atoms with Crippen LogP contribution in [0.1, 0.15) is 0 Å². The van der Waals surface area contributed by atoms with E-state index in [2.05, 4.69) is 20.8 Å². The van der Waals surface area contributed by atoms with Crippen LogP contribution >= 0.6 is 27.5 Å². The Balaban J connectivity index is 1.53. The fraction of sp³-hybridized carbons (Fsp3) is 0.278. The monoisotopic (exact) mass is 423 g/mol. The van der Waals surface area contributed by atoms with Crippen molar-refractivity contribution in [3.63, 3.8) is 0 Å². The van der Waals surface area contributed by atoms with Crippen molar-refractivity contribution in [3.8, 4) is 5.75 Å². The molecule has 3 rings (SSSR count). The van der Waals surface area contributed by atoms with E-state index in [-0.39, 0.29) is 12.5 Å². The van der Waals surface area contributed by atoms with Crippen molar-refractivity contribution in [1.29, 1.82) is 0 Å². The van der Waals surface area contributed by atoms with Crippen molar-refractivity contribution >= 4 is 44.8 Å². The van der Waals surface area contributed by atoms with Crippen molar-refractivity contribution in [1.82, 2.24) is 4.90 Å². The summed E-state index contributed by atoms with van der Waals surface area (Å²) in [6.45, 7) is 2.66. The number of carbonyl (C=O) groups excluding carboxylic acids is 1. The van der Waals surface area contributed by atoms with Gasteiger partial charge in [-0.3, -0.25) is 4.79 Å². The quantitative estimate of drug-likeness (QED) is 0.764. The highest BCUT2D eigenvalue weighted by Gasteiger charge is 2.23. The number of para-hydroxylation sites is 1. The molecule has 0 spiro atoms. The van der Waals surface area contributed by atoms with Crippen LogP contribution in [0.5, 0.6) is 5.75 Å². The van der Waals surface area contributed by atoms with Gasteiger partial charge in [0.1, 0.15) is 5.75 Å². The van der Waals surface area contributed by atoms with Crippen molar-refractivity contribution in [2.45, 2.75) is 0 Å². The molecule has 0 unspecified atom stereocenters. The average Bonchev–Trinajstić information content (AvgIpc) is 2.61. The molecule has 0 radical (unpaired) electrons. The molecule has 0 aliphatic carbocycles. The lowest BCUT2D eigenvalue weighted by molar-refractivity contribution is -0.133. The van der Waals surface area contributed by atoms with E-state index in [1.54, 1.807) is 0 Å². The van der Waals surface area contributed by atoms with E-state index in [4.69, 9.17) is 22.1 Å². The van der Waals surface area contributed by atoms with Gasteiger partial charge in [0.05, 0.1) is 16.4 Å². The number of anilines is 2. The maximum atomic E-state index is 12.3. The summed E-state index contributed by atoms with van der Waals surface area (Å²) in [6, 6.07) is 12.9. The third kappa shape index (κ3) is 4.38. The van der Waals surface area contributed by atoms with E-state index in [1.807, 2.05) is 47.4 Å². The van der Waals surface area contributed by atoms with Crippen molar-refractivity contribution in [3.05, 3.63) is 52.0 Å². The molecule has 1 saturated heterocycles. The summed E-state index contributed by atoms with van der Waals surface area (Å²) < 4.78 is 6.53. The summed E-state index contributed by atoms with van der Waals surface area (Å²) in [4.78, 5) is 16.3.